The molecule has 0 radical (unpaired) electrons. The van der Waals surface area contributed by atoms with Gasteiger partial charge in [-0.2, -0.15) is 0 Å². The Balaban J connectivity index is 2.44. The van der Waals surface area contributed by atoms with Crippen molar-refractivity contribution in [1.82, 2.24) is 4.90 Å². The van der Waals surface area contributed by atoms with Crippen molar-refractivity contribution in [2.24, 2.45) is 0 Å². The van der Waals surface area contributed by atoms with Gasteiger partial charge in [-0.25, -0.2) is 0 Å². The predicted molar refractivity (Wildman–Crippen MR) is 77.4 cm³/mol. The first-order valence-corrected chi connectivity index (χ1v) is 6.92. The third-order valence-corrected chi connectivity index (χ3v) is 3.12. The summed E-state index contributed by atoms with van der Waals surface area (Å²) in [6, 6.07) is 6.09. The van der Waals surface area contributed by atoms with Crippen molar-refractivity contribution < 1.29 is 9.53 Å². The Labute approximate surface area is 117 Å². The second-order valence-corrected chi connectivity index (χ2v) is 5.87. The van der Waals surface area contributed by atoms with Crippen molar-refractivity contribution in [2.45, 2.75) is 25.6 Å². The molecule has 0 spiro atoms. The highest BCUT2D eigenvalue weighted by Crippen LogP contribution is 2.18. The number of aryl methyl sites for hydroxylation is 2. The lowest BCUT2D eigenvalue weighted by molar-refractivity contribution is -0.129. The first-order valence-electron chi connectivity index (χ1n) is 6.01. The number of likely N-dealkylation sites (N-methyl/N-ethyl adjacent to an activating group) is 1. The number of hydrogen-bond donors (Lipinski definition) is 0. The Morgan fingerprint density at radius 3 is 2.67 bits per heavy atom. The molecule has 0 saturated carbocycles. The Bertz CT molecular complexity index is 418. The Morgan fingerprint density at radius 1 is 1.44 bits per heavy atom. The van der Waals surface area contributed by atoms with Crippen molar-refractivity contribution in [2.75, 3.05) is 20.2 Å². The molecule has 1 aromatic carbocycles. The largest absolute Gasteiger partial charge is 0.491 e. The van der Waals surface area contributed by atoms with E-state index in [1.54, 1.807) is 11.9 Å². The van der Waals surface area contributed by atoms with Crippen LogP contribution in [0.25, 0.3) is 0 Å². The van der Waals surface area contributed by atoms with Gasteiger partial charge in [0, 0.05) is 7.05 Å². The lowest BCUT2D eigenvalue weighted by Crippen LogP contribution is -2.35. The van der Waals surface area contributed by atoms with Gasteiger partial charge < -0.3 is 9.64 Å². The predicted octanol–water partition coefficient (Wildman–Crippen LogP) is 2.92. The van der Waals surface area contributed by atoms with E-state index in [4.69, 9.17) is 4.74 Å². The minimum atomic E-state index is -0.149. The first-order chi connectivity index (χ1) is 8.41. The number of amides is 1. The third-order valence-electron chi connectivity index (χ3n) is 2.73. The monoisotopic (exact) mass is 313 g/mol. The summed E-state index contributed by atoms with van der Waals surface area (Å²) in [4.78, 5) is 13.1. The minimum absolute atomic E-state index is 0.0687. The van der Waals surface area contributed by atoms with Gasteiger partial charge in [-0.15, -0.1) is 0 Å². The average molecular weight is 314 g/mol. The van der Waals surface area contributed by atoms with Gasteiger partial charge in [-0.1, -0.05) is 33.6 Å². The van der Waals surface area contributed by atoms with E-state index in [0.29, 0.717) is 13.2 Å². The van der Waals surface area contributed by atoms with Gasteiger partial charge in [0.2, 0.25) is 5.91 Å². The zero-order valence-corrected chi connectivity index (χ0v) is 13.0. The van der Waals surface area contributed by atoms with Crippen molar-refractivity contribution in [3.8, 4) is 5.75 Å². The lowest BCUT2D eigenvalue weighted by Gasteiger charge is -2.19. The van der Waals surface area contributed by atoms with E-state index >= 15 is 0 Å². The van der Waals surface area contributed by atoms with Crippen molar-refractivity contribution in [3.63, 3.8) is 0 Å². The summed E-state index contributed by atoms with van der Waals surface area (Å²) in [5, 5.41) is 0. The van der Waals surface area contributed by atoms with Crippen LogP contribution >= 0.6 is 15.9 Å². The van der Waals surface area contributed by atoms with Gasteiger partial charge in [0.15, 0.2) is 0 Å². The van der Waals surface area contributed by atoms with Crippen LogP contribution in [0.1, 0.15) is 18.1 Å². The highest BCUT2D eigenvalue weighted by molar-refractivity contribution is 9.10. The van der Waals surface area contributed by atoms with Gasteiger partial charge in [0.1, 0.15) is 12.4 Å². The molecule has 0 aliphatic heterocycles. The van der Waals surface area contributed by atoms with Crippen molar-refractivity contribution >= 4 is 21.8 Å². The molecule has 18 heavy (non-hydrogen) atoms. The number of carbonyl (C=O) groups excluding carboxylic acids is 1. The number of alkyl halides is 1. The molecule has 1 amide bonds. The Kier molecular flexibility index (Phi) is 5.66. The number of rotatable bonds is 5. The Hall–Kier alpha value is -1.03. The van der Waals surface area contributed by atoms with Gasteiger partial charge in [0.25, 0.3) is 0 Å². The SMILES string of the molecule is Cc1ccc(OCCN(C)C(=O)C(C)Br)c(C)c1. The number of halogens is 1. The molecule has 100 valence electrons. The fourth-order valence-corrected chi connectivity index (χ4v) is 2.02. The van der Waals surface area contributed by atoms with Gasteiger partial charge in [-0.05, 0) is 32.4 Å². The molecule has 0 N–H and O–H groups in total. The number of hydrogen-bond acceptors (Lipinski definition) is 2. The highest BCUT2D eigenvalue weighted by Gasteiger charge is 2.13. The van der Waals surface area contributed by atoms with Crippen LogP contribution in [0.2, 0.25) is 0 Å². The summed E-state index contributed by atoms with van der Waals surface area (Å²) in [6.45, 7) is 7.00. The normalized spacial score (nSPS) is 12.1. The van der Waals surface area contributed by atoms with Crippen LogP contribution in [0, 0.1) is 13.8 Å². The molecule has 1 atom stereocenters. The van der Waals surface area contributed by atoms with E-state index in [1.807, 2.05) is 26.0 Å². The summed E-state index contributed by atoms with van der Waals surface area (Å²) < 4.78 is 5.68. The maximum Gasteiger partial charge on any atom is 0.235 e. The summed E-state index contributed by atoms with van der Waals surface area (Å²) in [5.41, 5.74) is 2.35. The number of ether oxygens (including phenoxy) is 1. The zero-order chi connectivity index (χ0) is 13.7. The van der Waals surface area contributed by atoms with E-state index in [2.05, 4.69) is 28.9 Å². The second-order valence-electron chi connectivity index (χ2n) is 4.49. The molecule has 1 unspecified atom stereocenters. The topological polar surface area (TPSA) is 29.5 Å². The summed E-state index contributed by atoms with van der Waals surface area (Å²) in [5.74, 6) is 0.951. The summed E-state index contributed by atoms with van der Waals surface area (Å²) >= 11 is 3.26. The van der Waals surface area contributed by atoms with Crippen LogP contribution in [0.5, 0.6) is 5.75 Å². The molecular formula is C14H20BrNO2. The van der Waals surface area contributed by atoms with Crippen molar-refractivity contribution in [1.29, 1.82) is 0 Å². The summed E-state index contributed by atoms with van der Waals surface area (Å²) in [6.07, 6.45) is 0. The molecule has 1 rings (SSSR count). The van der Waals surface area contributed by atoms with E-state index in [1.165, 1.54) is 5.56 Å². The third kappa shape index (κ3) is 4.33. The quantitative estimate of drug-likeness (QED) is 0.782. The maximum absolute atomic E-state index is 11.6. The molecule has 0 aliphatic carbocycles. The van der Waals surface area contributed by atoms with Gasteiger partial charge in [0.05, 0.1) is 11.4 Å². The molecule has 0 aliphatic rings. The standard InChI is InChI=1S/C14H20BrNO2/c1-10-5-6-13(11(2)9-10)18-8-7-16(4)14(17)12(3)15/h5-6,9,12H,7-8H2,1-4H3. The highest BCUT2D eigenvalue weighted by atomic mass is 79.9. The van der Waals surface area contributed by atoms with Crippen LogP contribution in [-0.2, 0) is 4.79 Å². The first kappa shape index (κ1) is 15.0. The van der Waals surface area contributed by atoms with E-state index < -0.39 is 0 Å². The minimum Gasteiger partial charge on any atom is -0.491 e. The molecule has 4 heteroatoms. The van der Waals surface area contributed by atoms with E-state index in [9.17, 15) is 4.79 Å². The van der Waals surface area contributed by atoms with Gasteiger partial charge in [-0.3, -0.25) is 4.79 Å². The van der Waals surface area contributed by atoms with Crippen LogP contribution in [0.3, 0.4) is 0 Å². The molecule has 3 nitrogen and oxygen atoms in total. The fraction of sp³-hybridized carbons (Fsp3) is 0.500. The van der Waals surface area contributed by atoms with E-state index in [0.717, 1.165) is 11.3 Å². The molecule has 0 heterocycles. The Morgan fingerprint density at radius 2 is 2.11 bits per heavy atom. The fourth-order valence-electron chi connectivity index (χ4n) is 1.67. The lowest BCUT2D eigenvalue weighted by atomic mass is 10.1. The van der Waals surface area contributed by atoms with E-state index in [-0.39, 0.29) is 10.7 Å². The smallest absolute Gasteiger partial charge is 0.235 e. The van der Waals surface area contributed by atoms with Crippen molar-refractivity contribution in [3.05, 3.63) is 29.3 Å². The molecule has 0 bridgehead atoms. The molecule has 0 aromatic heterocycles. The number of carbonyl (C=O) groups is 1. The molecule has 0 fully saturated rings. The summed E-state index contributed by atoms with van der Waals surface area (Å²) in [7, 11) is 1.78. The van der Waals surface area contributed by atoms with Crippen LogP contribution in [0.4, 0.5) is 0 Å². The molecule has 1 aromatic rings. The van der Waals surface area contributed by atoms with Crippen LogP contribution in [-0.4, -0.2) is 35.8 Å². The molecular weight excluding hydrogens is 294 g/mol. The zero-order valence-electron chi connectivity index (χ0n) is 11.4. The molecule has 0 saturated heterocycles. The number of nitrogens with zero attached hydrogens (tertiary/aromatic N) is 1. The number of benzene rings is 1. The maximum atomic E-state index is 11.6. The second kappa shape index (κ2) is 6.78. The van der Waals surface area contributed by atoms with Gasteiger partial charge >= 0.3 is 0 Å². The van der Waals surface area contributed by atoms with Crippen LogP contribution < -0.4 is 4.74 Å². The van der Waals surface area contributed by atoms with Crippen LogP contribution in [0.15, 0.2) is 18.2 Å². The average Bonchev–Trinajstić information content (AvgIpc) is 2.30.